The van der Waals surface area contributed by atoms with E-state index in [1.54, 1.807) is 14.2 Å². The second kappa shape index (κ2) is 6.98. The van der Waals surface area contributed by atoms with Crippen LogP contribution in [0.5, 0.6) is 11.5 Å². The Morgan fingerprint density at radius 3 is 2.37 bits per heavy atom. The molecule has 19 heavy (non-hydrogen) atoms. The topological polar surface area (TPSA) is 18.5 Å². The lowest BCUT2D eigenvalue weighted by molar-refractivity contribution is 0.343. The van der Waals surface area contributed by atoms with Crippen LogP contribution in [-0.4, -0.2) is 14.2 Å². The van der Waals surface area contributed by atoms with E-state index >= 15 is 0 Å². The van der Waals surface area contributed by atoms with Gasteiger partial charge in [-0.3, -0.25) is 0 Å². The van der Waals surface area contributed by atoms with Gasteiger partial charge in [0.1, 0.15) is 16.0 Å². The molecule has 2 nitrogen and oxygen atoms in total. The number of halogens is 2. The van der Waals surface area contributed by atoms with Crippen LogP contribution in [0.4, 0.5) is 0 Å². The Bertz CT molecular complexity index is 428. The molecule has 2 rings (SSSR count). The van der Waals surface area contributed by atoms with Crippen molar-refractivity contribution in [2.24, 2.45) is 5.92 Å². The number of benzene rings is 1. The first kappa shape index (κ1) is 15.2. The van der Waals surface area contributed by atoms with Crippen LogP contribution < -0.4 is 9.47 Å². The van der Waals surface area contributed by atoms with Crippen molar-refractivity contribution in [2.45, 2.75) is 36.9 Å². The van der Waals surface area contributed by atoms with Crippen LogP contribution >= 0.6 is 31.9 Å². The molecule has 1 unspecified atom stereocenters. The van der Waals surface area contributed by atoms with Crippen molar-refractivity contribution in [3.8, 4) is 11.5 Å². The molecule has 4 heteroatoms. The molecule has 0 bridgehead atoms. The van der Waals surface area contributed by atoms with E-state index in [1.165, 1.54) is 37.7 Å². The third-order valence-electron chi connectivity index (χ3n) is 3.88. The smallest absolute Gasteiger partial charge is 0.141 e. The molecule has 0 radical (unpaired) electrons. The Morgan fingerprint density at radius 1 is 1.11 bits per heavy atom. The fourth-order valence-electron chi connectivity index (χ4n) is 2.82. The fourth-order valence-corrected chi connectivity index (χ4v) is 4.39. The Morgan fingerprint density at radius 2 is 1.79 bits per heavy atom. The highest BCUT2D eigenvalue weighted by Gasteiger charge is 2.26. The molecule has 1 aromatic carbocycles. The molecule has 1 atom stereocenters. The van der Waals surface area contributed by atoms with E-state index in [2.05, 4.69) is 37.9 Å². The van der Waals surface area contributed by atoms with E-state index in [1.807, 2.05) is 6.07 Å². The zero-order valence-corrected chi connectivity index (χ0v) is 14.6. The summed E-state index contributed by atoms with van der Waals surface area (Å²) in [6.45, 7) is 0. The van der Waals surface area contributed by atoms with Crippen molar-refractivity contribution < 1.29 is 9.47 Å². The van der Waals surface area contributed by atoms with Crippen LogP contribution in [0, 0.1) is 5.92 Å². The highest BCUT2D eigenvalue weighted by atomic mass is 79.9. The Labute approximate surface area is 132 Å². The molecule has 0 saturated heterocycles. The van der Waals surface area contributed by atoms with Gasteiger partial charge < -0.3 is 9.47 Å². The number of hydrogen-bond donors (Lipinski definition) is 0. The van der Waals surface area contributed by atoms with E-state index in [0.717, 1.165) is 16.0 Å². The van der Waals surface area contributed by atoms with Crippen LogP contribution in [0.1, 0.15) is 42.5 Å². The van der Waals surface area contributed by atoms with Crippen LogP contribution in [0.25, 0.3) is 0 Å². The van der Waals surface area contributed by atoms with Gasteiger partial charge in [0.2, 0.25) is 0 Å². The number of rotatable bonds is 4. The second-order valence-electron chi connectivity index (χ2n) is 5.00. The molecule has 0 aromatic heterocycles. The van der Waals surface area contributed by atoms with Gasteiger partial charge in [0.05, 0.1) is 14.2 Å². The summed E-state index contributed by atoms with van der Waals surface area (Å²) in [5.41, 5.74) is 1.21. The molecule has 0 spiro atoms. The minimum Gasteiger partial charge on any atom is -0.495 e. The van der Waals surface area contributed by atoms with E-state index in [-0.39, 0.29) is 0 Å². The zero-order chi connectivity index (χ0) is 13.8. The highest BCUT2D eigenvalue weighted by molar-refractivity contribution is 9.10. The van der Waals surface area contributed by atoms with Gasteiger partial charge >= 0.3 is 0 Å². The molecule has 1 aliphatic carbocycles. The molecule has 1 aliphatic rings. The highest BCUT2D eigenvalue weighted by Crippen LogP contribution is 2.47. The Kier molecular flexibility index (Phi) is 5.58. The largest absolute Gasteiger partial charge is 0.495 e. The number of ether oxygens (including phenoxy) is 2. The van der Waals surface area contributed by atoms with Gasteiger partial charge in [-0.05, 0) is 40.8 Å². The van der Waals surface area contributed by atoms with Crippen molar-refractivity contribution in [1.82, 2.24) is 0 Å². The van der Waals surface area contributed by atoms with Gasteiger partial charge in [-0.15, -0.1) is 0 Å². The van der Waals surface area contributed by atoms with Gasteiger partial charge in [0, 0.05) is 10.4 Å². The number of methoxy groups -OCH3 is 2. The monoisotopic (exact) mass is 390 g/mol. The summed E-state index contributed by atoms with van der Waals surface area (Å²) >= 11 is 7.45. The molecule has 1 fully saturated rings. The summed E-state index contributed by atoms with van der Waals surface area (Å²) in [5, 5.41) is 0. The number of alkyl halides is 1. The lowest BCUT2D eigenvalue weighted by Crippen LogP contribution is -2.13. The first-order valence-electron chi connectivity index (χ1n) is 6.73. The molecule has 0 heterocycles. The maximum atomic E-state index is 5.57. The normalized spacial score (nSPS) is 18.1. The second-order valence-corrected chi connectivity index (χ2v) is 6.78. The van der Waals surface area contributed by atoms with E-state index in [0.29, 0.717) is 10.7 Å². The Hall–Kier alpha value is -0.220. The van der Waals surface area contributed by atoms with Crippen LogP contribution in [0.15, 0.2) is 16.6 Å². The summed E-state index contributed by atoms with van der Waals surface area (Å²) in [5.74, 6) is 2.39. The van der Waals surface area contributed by atoms with Crippen molar-refractivity contribution in [3.05, 3.63) is 22.2 Å². The lowest BCUT2D eigenvalue weighted by atomic mass is 9.84. The first-order chi connectivity index (χ1) is 9.19. The summed E-state index contributed by atoms with van der Waals surface area (Å²) in [6, 6.07) is 4.11. The van der Waals surface area contributed by atoms with Crippen LogP contribution in [0.3, 0.4) is 0 Å². The van der Waals surface area contributed by atoms with Crippen molar-refractivity contribution in [2.75, 3.05) is 14.2 Å². The minimum atomic E-state index is 0.352. The van der Waals surface area contributed by atoms with Crippen molar-refractivity contribution >= 4 is 31.9 Å². The maximum absolute atomic E-state index is 5.57. The maximum Gasteiger partial charge on any atom is 0.141 e. The van der Waals surface area contributed by atoms with E-state index < -0.39 is 0 Å². The molecule has 106 valence electrons. The molecule has 0 aliphatic heterocycles. The average Bonchev–Trinajstić information content (AvgIpc) is 2.47. The fraction of sp³-hybridized carbons (Fsp3) is 0.600. The standard InChI is InChI=1S/C15H20Br2O2/c1-18-12-9-8-11(15(19-2)14(12)17)13(16)10-6-4-3-5-7-10/h8-10,13H,3-7H2,1-2H3. The van der Waals surface area contributed by atoms with E-state index in [4.69, 9.17) is 9.47 Å². The quantitative estimate of drug-likeness (QED) is 0.632. The van der Waals surface area contributed by atoms with Gasteiger partial charge in [-0.25, -0.2) is 0 Å². The van der Waals surface area contributed by atoms with Gasteiger partial charge in [0.25, 0.3) is 0 Å². The lowest BCUT2D eigenvalue weighted by Gasteiger charge is -2.28. The average molecular weight is 392 g/mol. The Balaban J connectivity index is 2.30. The van der Waals surface area contributed by atoms with Crippen molar-refractivity contribution in [1.29, 1.82) is 0 Å². The van der Waals surface area contributed by atoms with Crippen LogP contribution in [-0.2, 0) is 0 Å². The molecule has 0 amide bonds. The zero-order valence-electron chi connectivity index (χ0n) is 11.4. The van der Waals surface area contributed by atoms with E-state index in [9.17, 15) is 0 Å². The predicted molar refractivity (Wildman–Crippen MR) is 85.5 cm³/mol. The summed E-state index contributed by atoms with van der Waals surface area (Å²) < 4.78 is 11.8. The molecule has 0 N–H and O–H groups in total. The third-order valence-corrected chi connectivity index (χ3v) is 5.87. The first-order valence-corrected chi connectivity index (χ1v) is 8.44. The van der Waals surface area contributed by atoms with Gasteiger partial charge in [-0.2, -0.15) is 0 Å². The van der Waals surface area contributed by atoms with Gasteiger partial charge in [-0.1, -0.05) is 41.3 Å². The molecule has 1 aromatic rings. The summed E-state index contributed by atoms with van der Waals surface area (Å²) in [6.07, 6.45) is 6.64. The number of hydrogen-bond acceptors (Lipinski definition) is 2. The molecular formula is C15H20Br2O2. The predicted octanol–water partition coefficient (Wildman–Crippen LogP) is 5.48. The SMILES string of the molecule is COc1ccc(C(Br)C2CCCCC2)c(OC)c1Br. The third kappa shape index (κ3) is 3.27. The van der Waals surface area contributed by atoms with Gasteiger partial charge in [0.15, 0.2) is 0 Å². The van der Waals surface area contributed by atoms with Crippen LogP contribution in [0.2, 0.25) is 0 Å². The summed E-state index contributed by atoms with van der Waals surface area (Å²) in [7, 11) is 3.38. The molecule has 1 saturated carbocycles. The van der Waals surface area contributed by atoms with Crippen molar-refractivity contribution in [3.63, 3.8) is 0 Å². The summed E-state index contributed by atoms with van der Waals surface area (Å²) in [4.78, 5) is 0.352. The minimum absolute atomic E-state index is 0.352. The molecular weight excluding hydrogens is 372 g/mol.